The van der Waals surface area contributed by atoms with Crippen LogP contribution in [0.1, 0.15) is 15.5 Å². The number of thiazole rings is 1. The summed E-state index contributed by atoms with van der Waals surface area (Å²) < 4.78 is 0. The van der Waals surface area contributed by atoms with Gasteiger partial charge in [-0.15, -0.1) is 16.4 Å². The van der Waals surface area contributed by atoms with E-state index in [2.05, 4.69) is 25.7 Å². The van der Waals surface area contributed by atoms with E-state index < -0.39 is 0 Å². The fraction of sp³-hybridized carbons (Fsp3) is 0.375. The van der Waals surface area contributed by atoms with E-state index in [4.69, 9.17) is 5.73 Å². The molecule has 0 aliphatic heterocycles. The molecule has 0 aliphatic rings. The predicted octanol–water partition coefficient (Wildman–Crippen LogP) is -0.580. The Morgan fingerprint density at radius 1 is 1.65 bits per heavy atom. The zero-order valence-corrected chi connectivity index (χ0v) is 9.94. The van der Waals surface area contributed by atoms with Gasteiger partial charge >= 0.3 is 0 Å². The molecule has 0 fully saturated rings. The molecule has 9 heteroatoms. The number of nitrogens with zero attached hydrogens (tertiary/aromatic N) is 5. The second-order valence-electron chi connectivity index (χ2n) is 3.22. The van der Waals surface area contributed by atoms with Gasteiger partial charge in [-0.25, -0.2) is 4.98 Å². The maximum atomic E-state index is 11.7. The fourth-order valence-corrected chi connectivity index (χ4v) is 1.95. The minimum Gasteiger partial charge on any atom is -0.330 e. The highest BCUT2D eigenvalue weighted by atomic mass is 32.1. The summed E-state index contributed by atoms with van der Waals surface area (Å²) in [6, 6.07) is 0. The first kappa shape index (κ1) is 11.6. The topological polar surface area (TPSA) is 112 Å². The minimum atomic E-state index is -0.350. The molecule has 0 aliphatic carbocycles. The molecular weight excluding hydrogens is 242 g/mol. The van der Waals surface area contributed by atoms with Crippen molar-refractivity contribution in [3.05, 3.63) is 16.1 Å². The summed E-state index contributed by atoms with van der Waals surface area (Å²) in [6.45, 7) is 0.514. The van der Waals surface area contributed by atoms with E-state index >= 15 is 0 Å². The lowest BCUT2D eigenvalue weighted by Crippen LogP contribution is -2.14. The van der Waals surface area contributed by atoms with E-state index in [0.717, 1.165) is 5.01 Å². The maximum Gasteiger partial charge on any atom is 0.277 e. The smallest absolute Gasteiger partial charge is 0.277 e. The molecule has 0 aromatic carbocycles. The molecule has 2 aromatic rings. The quantitative estimate of drug-likeness (QED) is 0.754. The highest BCUT2D eigenvalue weighted by Crippen LogP contribution is 2.11. The summed E-state index contributed by atoms with van der Waals surface area (Å²) >= 11 is 1.40. The third-order valence-electron chi connectivity index (χ3n) is 1.88. The van der Waals surface area contributed by atoms with Gasteiger partial charge < -0.3 is 5.73 Å². The fourth-order valence-electron chi connectivity index (χ4n) is 1.15. The zero-order chi connectivity index (χ0) is 12.3. The summed E-state index contributed by atoms with van der Waals surface area (Å²) in [7, 11) is 1.62. The molecule has 0 unspecified atom stereocenters. The summed E-state index contributed by atoms with van der Waals surface area (Å²) in [5.74, 6) is -0.191. The number of carbonyl (C=O) groups excluding carboxylic acids is 1. The lowest BCUT2D eigenvalue weighted by molar-refractivity contribution is 0.102. The first-order chi connectivity index (χ1) is 8.19. The van der Waals surface area contributed by atoms with Gasteiger partial charge in [0.2, 0.25) is 0 Å². The molecule has 0 spiro atoms. The molecule has 3 N–H and O–H groups in total. The summed E-state index contributed by atoms with van der Waals surface area (Å²) in [5, 5.41) is 16.1. The van der Waals surface area contributed by atoms with Crippen LogP contribution in [0.25, 0.3) is 0 Å². The third-order valence-corrected chi connectivity index (χ3v) is 2.78. The van der Waals surface area contributed by atoms with Gasteiger partial charge in [0.15, 0.2) is 0 Å². The van der Waals surface area contributed by atoms with Crippen molar-refractivity contribution in [3.8, 4) is 0 Å². The molecule has 2 heterocycles. The number of aromatic nitrogens is 5. The molecule has 8 nitrogen and oxygen atoms in total. The van der Waals surface area contributed by atoms with Crippen LogP contribution in [-0.2, 0) is 13.5 Å². The van der Waals surface area contributed by atoms with Gasteiger partial charge in [0.25, 0.3) is 11.9 Å². The highest BCUT2D eigenvalue weighted by molar-refractivity contribution is 7.09. The van der Waals surface area contributed by atoms with E-state index in [-0.39, 0.29) is 11.9 Å². The molecule has 0 atom stereocenters. The third kappa shape index (κ3) is 2.82. The number of hydrogen-bond donors (Lipinski definition) is 2. The Kier molecular flexibility index (Phi) is 3.40. The molecule has 0 radical (unpaired) electrons. The molecule has 0 saturated heterocycles. The number of nitrogens with two attached hydrogens (primary N) is 1. The van der Waals surface area contributed by atoms with Gasteiger partial charge in [0, 0.05) is 11.8 Å². The average molecular weight is 253 g/mol. The number of aryl methyl sites for hydroxylation is 1. The number of amides is 1. The molecule has 17 heavy (non-hydrogen) atoms. The number of tetrazole rings is 1. The van der Waals surface area contributed by atoms with Crippen LogP contribution < -0.4 is 11.1 Å². The number of anilines is 1. The van der Waals surface area contributed by atoms with Crippen molar-refractivity contribution in [1.29, 1.82) is 0 Å². The van der Waals surface area contributed by atoms with Crippen molar-refractivity contribution < 1.29 is 4.79 Å². The lowest BCUT2D eigenvalue weighted by atomic mass is 10.4. The Bertz CT molecular complexity index is 519. The van der Waals surface area contributed by atoms with Crippen LogP contribution in [0.15, 0.2) is 5.38 Å². The minimum absolute atomic E-state index is 0.158. The Morgan fingerprint density at radius 3 is 3.12 bits per heavy atom. The lowest BCUT2D eigenvalue weighted by Gasteiger charge is -1.95. The van der Waals surface area contributed by atoms with Crippen molar-refractivity contribution in [2.24, 2.45) is 12.8 Å². The van der Waals surface area contributed by atoms with Crippen LogP contribution in [-0.4, -0.2) is 37.6 Å². The van der Waals surface area contributed by atoms with Crippen LogP contribution in [0, 0.1) is 0 Å². The molecule has 90 valence electrons. The number of rotatable bonds is 4. The number of carbonyl (C=O) groups is 1. The van der Waals surface area contributed by atoms with Crippen molar-refractivity contribution in [1.82, 2.24) is 25.2 Å². The molecule has 0 saturated carbocycles. The zero-order valence-electron chi connectivity index (χ0n) is 9.12. The largest absolute Gasteiger partial charge is 0.330 e. The van der Waals surface area contributed by atoms with Crippen LogP contribution in [0.5, 0.6) is 0 Å². The standard InChI is InChI=1S/C8H11N7OS/c1-15-13-8(12-14-15)11-7(16)5-4-17-6(10-5)2-3-9/h4H,2-3,9H2,1H3,(H,11,13,16). The number of hydrogen-bond acceptors (Lipinski definition) is 7. The molecule has 0 bridgehead atoms. The van der Waals surface area contributed by atoms with E-state index in [1.807, 2.05) is 0 Å². The predicted molar refractivity (Wildman–Crippen MR) is 61.6 cm³/mol. The molecular formula is C8H11N7OS. The van der Waals surface area contributed by atoms with Crippen LogP contribution in [0.4, 0.5) is 5.95 Å². The van der Waals surface area contributed by atoms with Crippen molar-refractivity contribution in [3.63, 3.8) is 0 Å². The van der Waals surface area contributed by atoms with Gasteiger partial charge in [-0.3, -0.25) is 10.1 Å². The molecule has 2 aromatic heterocycles. The van der Waals surface area contributed by atoms with Crippen LogP contribution in [0.3, 0.4) is 0 Å². The summed E-state index contributed by atoms with van der Waals surface area (Å²) in [5.41, 5.74) is 5.75. The Hall–Kier alpha value is -1.87. The van der Waals surface area contributed by atoms with Gasteiger partial charge in [-0.05, 0) is 11.8 Å². The number of nitrogens with one attached hydrogen (secondary N) is 1. The average Bonchev–Trinajstić information content (AvgIpc) is 2.88. The summed E-state index contributed by atoms with van der Waals surface area (Å²) in [6.07, 6.45) is 0.668. The first-order valence-corrected chi connectivity index (χ1v) is 5.77. The Balaban J connectivity index is 2.03. The van der Waals surface area contributed by atoms with Crippen molar-refractivity contribution in [2.45, 2.75) is 6.42 Å². The Labute approximate surface area is 101 Å². The second kappa shape index (κ2) is 4.97. The van der Waals surface area contributed by atoms with E-state index in [9.17, 15) is 4.79 Å². The van der Waals surface area contributed by atoms with Gasteiger partial charge in [-0.1, -0.05) is 5.10 Å². The van der Waals surface area contributed by atoms with Crippen LogP contribution in [0.2, 0.25) is 0 Å². The van der Waals surface area contributed by atoms with E-state index in [1.54, 1.807) is 12.4 Å². The summed E-state index contributed by atoms with van der Waals surface area (Å²) in [4.78, 5) is 17.1. The maximum absolute atomic E-state index is 11.7. The molecule has 1 amide bonds. The van der Waals surface area contributed by atoms with Gasteiger partial charge in [0.05, 0.1) is 12.1 Å². The monoisotopic (exact) mass is 253 g/mol. The van der Waals surface area contributed by atoms with Crippen LogP contribution >= 0.6 is 11.3 Å². The van der Waals surface area contributed by atoms with Gasteiger partial charge in [-0.2, -0.15) is 4.80 Å². The first-order valence-electron chi connectivity index (χ1n) is 4.89. The van der Waals surface area contributed by atoms with E-state index in [1.165, 1.54) is 16.1 Å². The van der Waals surface area contributed by atoms with Crippen molar-refractivity contribution >= 4 is 23.2 Å². The highest BCUT2D eigenvalue weighted by Gasteiger charge is 2.12. The molecule has 2 rings (SSSR count). The van der Waals surface area contributed by atoms with Gasteiger partial charge in [0.1, 0.15) is 5.69 Å². The normalized spacial score (nSPS) is 10.5. The van der Waals surface area contributed by atoms with Crippen molar-refractivity contribution in [2.75, 3.05) is 11.9 Å². The Morgan fingerprint density at radius 2 is 2.47 bits per heavy atom. The SMILES string of the molecule is Cn1nnc(NC(=O)c2csc(CCN)n2)n1. The second-order valence-corrected chi connectivity index (χ2v) is 4.16. The van der Waals surface area contributed by atoms with E-state index in [0.29, 0.717) is 18.7 Å².